The summed E-state index contributed by atoms with van der Waals surface area (Å²) in [5.41, 5.74) is -1.33. The standard InChI is InChI=1S/C28H45FN2O5/c1-25(2,3)21(22(33)34)30-20(32)17-31(16-18-13-12-14-19(29)15-18)24(35)36-23(26(4,5)6)28(10,11)27(7,8)9/h12-15,21,23H,16-17H2,1-11H3,(H,30,32)(H,33,34). The van der Waals surface area contributed by atoms with Crippen molar-refractivity contribution in [1.82, 2.24) is 10.2 Å². The molecule has 7 nitrogen and oxygen atoms in total. The Bertz CT molecular complexity index is 938. The zero-order valence-electron chi connectivity index (χ0n) is 23.8. The molecule has 1 rings (SSSR count). The molecular weight excluding hydrogens is 463 g/mol. The van der Waals surface area contributed by atoms with Crippen LogP contribution in [0.1, 0.15) is 81.7 Å². The normalized spacial score (nSPS) is 14.6. The number of carbonyl (C=O) groups excluding carboxylic acids is 2. The van der Waals surface area contributed by atoms with E-state index in [2.05, 4.69) is 26.1 Å². The lowest BCUT2D eigenvalue weighted by molar-refractivity contribution is -0.145. The number of carbonyl (C=O) groups is 3. The van der Waals surface area contributed by atoms with Crippen molar-refractivity contribution in [1.29, 1.82) is 0 Å². The first kappa shape index (κ1) is 31.4. The summed E-state index contributed by atoms with van der Waals surface area (Å²) in [6.07, 6.45) is -1.24. The summed E-state index contributed by atoms with van der Waals surface area (Å²) in [4.78, 5) is 39.4. The van der Waals surface area contributed by atoms with Crippen molar-refractivity contribution in [3.8, 4) is 0 Å². The molecule has 2 atom stereocenters. The van der Waals surface area contributed by atoms with E-state index in [-0.39, 0.29) is 12.0 Å². The molecule has 0 spiro atoms. The highest BCUT2D eigenvalue weighted by Crippen LogP contribution is 2.48. The van der Waals surface area contributed by atoms with Gasteiger partial charge in [-0.2, -0.15) is 0 Å². The smallest absolute Gasteiger partial charge is 0.410 e. The third-order valence-corrected chi connectivity index (χ3v) is 6.87. The van der Waals surface area contributed by atoms with Gasteiger partial charge >= 0.3 is 12.1 Å². The molecule has 0 aromatic heterocycles. The second kappa shape index (κ2) is 11.2. The lowest BCUT2D eigenvalue weighted by Gasteiger charge is -2.49. The number of carboxylic acids is 1. The molecule has 1 aromatic carbocycles. The number of ether oxygens (including phenoxy) is 1. The Morgan fingerprint density at radius 3 is 1.94 bits per heavy atom. The maximum Gasteiger partial charge on any atom is 0.410 e. The second-order valence-electron chi connectivity index (χ2n) is 13.3. The SMILES string of the molecule is CC(C)(C)C(NC(=O)CN(Cc1cccc(F)c1)C(=O)OC(C(C)(C)C)C(C)(C)C(C)(C)C)C(=O)O. The molecular formula is C28H45FN2O5. The van der Waals surface area contributed by atoms with Crippen LogP contribution in [0.25, 0.3) is 0 Å². The molecule has 2 unspecified atom stereocenters. The molecule has 0 aliphatic rings. The third-order valence-electron chi connectivity index (χ3n) is 6.87. The second-order valence-corrected chi connectivity index (χ2v) is 13.3. The topological polar surface area (TPSA) is 95.9 Å². The fourth-order valence-electron chi connectivity index (χ4n) is 4.04. The van der Waals surface area contributed by atoms with E-state index in [4.69, 9.17) is 4.74 Å². The van der Waals surface area contributed by atoms with E-state index in [9.17, 15) is 23.9 Å². The van der Waals surface area contributed by atoms with Crippen molar-refractivity contribution >= 4 is 18.0 Å². The highest BCUT2D eigenvalue weighted by Gasteiger charge is 2.48. The third kappa shape index (κ3) is 8.49. The molecule has 0 saturated carbocycles. The van der Waals surface area contributed by atoms with Crippen LogP contribution >= 0.6 is 0 Å². The van der Waals surface area contributed by atoms with Gasteiger partial charge in [0, 0.05) is 12.0 Å². The lowest BCUT2D eigenvalue weighted by atomic mass is 9.60. The molecule has 0 aliphatic carbocycles. The summed E-state index contributed by atoms with van der Waals surface area (Å²) in [6, 6.07) is 4.60. The molecule has 8 heteroatoms. The fraction of sp³-hybridized carbons (Fsp3) is 0.679. The van der Waals surface area contributed by atoms with Gasteiger partial charge in [-0.15, -0.1) is 0 Å². The zero-order valence-corrected chi connectivity index (χ0v) is 23.8. The number of aliphatic carboxylic acids is 1. The van der Waals surface area contributed by atoms with Crippen molar-refractivity contribution in [2.75, 3.05) is 6.54 Å². The van der Waals surface area contributed by atoms with Crippen LogP contribution < -0.4 is 5.32 Å². The first-order valence-electron chi connectivity index (χ1n) is 12.3. The minimum Gasteiger partial charge on any atom is -0.480 e. The van der Waals surface area contributed by atoms with E-state index in [1.165, 1.54) is 23.1 Å². The van der Waals surface area contributed by atoms with Crippen LogP contribution in [0.5, 0.6) is 0 Å². The highest BCUT2D eigenvalue weighted by atomic mass is 19.1. The van der Waals surface area contributed by atoms with Gasteiger partial charge in [0.05, 0.1) is 0 Å². The maximum absolute atomic E-state index is 13.8. The lowest BCUT2D eigenvalue weighted by Crippen LogP contribution is -2.54. The molecule has 2 amide bonds. The number of hydrogen-bond acceptors (Lipinski definition) is 4. The molecule has 2 N–H and O–H groups in total. The molecule has 0 radical (unpaired) electrons. The molecule has 1 aromatic rings. The van der Waals surface area contributed by atoms with E-state index < -0.39 is 58.7 Å². The average Bonchev–Trinajstić information content (AvgIpc) is 2.66. The van der Waals surface area contributed by atoms with E-state index >= 15 is 0 Å². The van der Waals surface area contributed by atoms with Crippen molar-refractivity contribution < 1.29 is 28.6 Å². The Balaban J connectivity index is 3.32. The number of halogens is 1. The van der Waals surface area contributed by atoms with Gasteiger partial charge in [0.15, 0.2) is 0 Å². The Morgan fingerprint density at radius 1 is 0.972 bits per heavy atom. The maximum atomic E-state index is 13.8. The molecule has 0 bridgehead atoms. The van der Waals surface area contributed by atoms with Gasteiger partial charge in [0.1, 0.15) is 24.5 Å². The van der Waals surface area contributed by atoms with Crippen LogP contribution in [0.3, 0.4) is 0 Å². The van der Waals surface area contributed by atoms with Crippen molar-refractivity contribution in [2.24, 2.45) is 21.7 Å². The van der Waals surface area contributed by atoms with Crippen LogP contribution in [0.2, 0.25) is 0 Å². The molecule has 36 heavy (non-hydrogen) atoms. The van der Waals surface area contributed by atoms with Gasteiger partial charge in [-0.3, -0.25) is 9.69 Å². The van der Waals surface area contributed by atoms with Gasteiger partial charge in [-0.1, -0.05) is 88.3 Å². The van der Waals surface area contributed by atoms with E-state index in [1.54, 1.807) is 26.8 Å². The van der Waals surface area contributed by atoms with Gasteiger partial charge in [0.2, 0.25) is 5.91 Å². The summed E-state index contributed by atoms with van der Waals surface area (Å²) < 4.78 is 19.9. The van der Waals surface area contributed by atoms with E-state index in [0.717, 1.165) is 0 Å². The van der Waals surface area contributed by atoms with Crippen LogP contribution in [0, 0.1) is 27.5 Å². The average molecular weight is 509 g/mol. The van der Waals surface area contributed by atoms with Crippen molar-refractivity contribution in [3.05, 3.63) is 35.6 Å². The van der Waals surface area contributed by atoms with Crippen LogP contribution in [-0.4, -0.2) is 46.7 Å². The number of benzene rings is 1. The Hall–Kier alpha value is -2.64. The Labute approximate surface area is 215 Å². The van der Waals surface area contributed by atoms with Gasteiger partial charge in [-0.25, -0.2) is 14.0 Å². The van der Waals surface area contributed by atoms with Crippen LogP contribution in [-0.2, 0) is 20.9 Å². The Kier molecular flexibility index (Phi) is 9.75. The van der Waals surface area contributed by atoms with E-state index in [1.807, 2.05) is 34.6 Å². The molecule has 0 heterocycles. The summed E-state index contributed by atoms with van der Waals surface area (Å²) >= 11 is 0. The van der Waals surface area contributed by atoms with Crippen LogP contribution in [0.15, 0.2) is 24.3 Å². The molecule has 0 saturated heterocycles. The summed E-state index contributed by atoms with van der Waals surface area (Å²) in [5, 5.41) is 12.1. The summed E-state index contributed by atoms with van der Waals surface area (Å²) in [5.74, 6) is -2.28. The number of rotatable bonds is 8. The number of carboxylic acid groups (broad SMARTS) is 1. The van der Waals surface area contributed by atoms with Gasteiger partial charge < -0.3 is 15.2 Å². The Morgan fingerprint density at radius 2 is 1.53 bits per heavy atom. The van der Waals surface area contributed by atoms with Crippen molar-refractivity contribution in [3.63, 3.8) is 0 Å². The summed E-state index contributed by atoms with van der Waals surface area (Å²) in [7, 11) is 0. The number of amides is 2. The predicted molar refractivity (Wildman–Crippen MR) is 139 cm³/mol. The zero-order chi connectivity index (χ0) is 28.3. The quantitative estimate of drug-likeness (QED) is 0.458. The largest absolute Gasteiger partial charge is 0.480 e. The predicted octanol–water partition coefficient (Wildman–Crippen LogP) is 5.87. The van der Waals surface area contributed by atoms with Crippen LogP contribution in [0.4, 0.5) is 9.18 Å². The fourth-order valence-corrected chi connectivity index (χ4v) is 4.04. The number of nitrogens with one attached hydrogen (secondary N) is 1. The highest BCUT2D eigenvalue weighted by molar-refractivity contribution is 5.87. The molecule has 0 fully saturated rings. The number of nitrogens with zero attached hydrogens (tertiary/aromatic N) is 1. The first-order chi connectivity index (χ1) is 16.1. The number of hydrogen-bond donors (Lipinski definition) is 2. The molecule has 204 valence electrons. The van der Waals surface area contributed by atoms with Crippen molar-refractivity contribution in [2.45, 2.75) is 94.9 Å². The monoisotopic (exact) mass is 508 g/mol. The molecule has 0 aliphatic heterocycles. The first-order valence-corrected chi connectivity index (χ1v) is 12.3. The van der Waals surface area contributed by atoms with Gasteiger partial charge in [0.25, 0.3) is 0 Å². The minimum atomic E-state index is -1.17. The summed E-state index contributed by atoms with van der Waals surface area (Å²) in [6.45, 7) is 20.9. The van der Waals surface area contributed by atoms with Gasteiger partial charge in [-0.05, 0) is 33.9 Å². The van der Waals surface area contributed by atoms with E-state index in [0.29, 0.717) is 5.56 Å². The minimum absolute atomic E-state index is 0.0793.